The highest BCUT2D eigenvalue weighted by atomic mass is 79.9. The number of nitrogens with one attached hydrogen (secondary N) is 1. The van der Waals surface area contributed by atoms with Crippen molar-refractivity contribution in [2.24, 2.45) is 11.7 Å². The Morgan fingerprint density at radius 2 is 1.90 bits per heavy atom. The minimum atomic E-state index is -0.519. The Labute approximate surface area is 149 Å². The first-order valence-electron chi connectivity index (χ1n) is 6.13. The van der Waals surface area contributed by atoms with Gasteiger partial charge in [0.05, 0.1) is 22.6 Å². The van der Waals surface area contributed by atoms with Crippen molar-refractivity contribution in [1.29, 1.82) is 0 Å². The van der Waals surface area contributed by atoms with Gasteiger partial charge in [-0.05, 0) is 18.1 Å². The molecule has 0 heterocycles. The van der Waals surface area contributed by atoms with Gasteiger partial charge in [-0.25, -0.2) is 0 Å². The highest BCUT2D eigenvalue weighted by Gasteiger charge is 2.16. The Bertz CT molecular complexity index is 463. The number of carbonyl (C=O) groups is 1. The summed E-state index contributed by atoms with van der Waals surface area (Å²) >= 11 is 15.3. The standard InChI is InChI=1S/C13H17BrCl2N2O2.ClH/c1-7(2)11(17)13(19)18-3-4-20-12-9(15)5-8(14)6-10(12)16;/h5-7,11H,3-4,17H2,1-2H3,(H,18,19);1H/t11-;/m0./s1. The number of carbonyl (C=O) groups excluding carboxylic acids is 1. The van der Waals surface area contributed by atoms with Crippen molar-refractivity contribution < 1.29 is 9.53 Å². The van der Waals surface area contributed by atoms with Crippen molar-refractivity contribution in [2.45, 2.75) is 19.9 Å². The predicted molar refractivity (Wildman–Crippen MR) is 92.7 cm³/mol. The zero-order valence-corrected chi connectivity index (χ0v) is 15.6. The molecule has 0 saturated carbocycles. The molecule has 21 heavy (non-hydrogen) atoms. The molecule has 0 aliphatic carbocycles. The quantitative estimate of drug-likeness (QED) is 0.691. The number of rotatable bonds is 6. The molecule has 0 aliphatic heterocycles. The molecule has 120 valence electrons. The lowest BCUT2D eigenvalue weighted by Gasteiger charge is -2.16. The van der Waals surface area contributed by atoms with Crippen LogP contribution in [0.2, 0.25) is 10.0 Å². The summed E-state index contributed by atoms with van der Waals surface area (Å²) in [5.74, 6) is 0.293. The molecule has 0 aromatic heterocycles. The summed E-state index contributed by atoms with van der Waals surface area (Å²) in [6.45, 7) is 4.38. The maximum atomic E-state index is 11.6. The van der Waals surface area contributed by atoms with Crippen LogP contribution in [0.5, 0.6) is 5.75 Å². The Balaban J connectivity index is 0.00000400. The van der Waals surface area contributed by atoms with E-state index in [1.165, 1.54) is 0 Å². The first kappa shape index (κ1) is 20.8. The van der Waals surface area contributed by atoms with E-state index in [2.05, 4.69) is 21.2 Å². The van der Waals surface area contributed by atoms with Gasteiger partial charge in [-0.2, -0.15) is 0 Å². The average molecular weight is 421 g/mol. The van der Waals surface area contributed by atoms with Gasteiger partial charge in [0.2, 0.25) is 5.91 Å². The molecular formula is C13H18BrCl3N2O2. The SMILES string of the molecule is CC(C)[C@H](N)C(=O)NCCOc1c(Cl)cc(Br)cc1Cl.Cl. The van der Waals surface area contributed by atoms with Crippen LogP contribution in [-0.2, 0) is 4.79 Å². The normalized spacial score (nSPS) is 11.8. The van der Waals surface area contributed by atoms with Gasteiger partial charge in [0.15, 0.2) is 5.75 Å². The molecule has 0 fully saturated rings. The van der Waals surface area contributed by atoms with Crippen molar-refractivity contribution in [1.82, 2.24) is 5.32 Å². The summed E-state index contributed by atoms with van der Waals surface area (Å²) in [5.41, 5.74) is 5.72. The highest BCUT2D eigenvalue weighted by molar-refractivity contribution is 9.10. The summed E-state index contributed by atoms with van der Waals surface area (Å²) in [6, 6.07) is 2.86. The molecule has 1 amide bonds. The molecule has 1 rings (SSSR count). The Morgan fingerprint density at radius 1 is 1.38 bits per heavy atom. The van der Waals surface area contributed by atoms with Crippen molar-refractivity contribution >= 4 is 57.4 Å². The van der Waals surface area contributed by atoms with Crippen LogP contribution >= 0.6 is 51.5 Å². The van der Waals surface area contributed by atoms with Crippen LogP contribution in [0.15, 0.2) is 16.6 Å². The Morgan fingerprint density at radius 3 is 2.38 bits per heavy atom. The topological polar surface area (TPSA) is 64.4 Å². The number of ether oxygens (including phenoxy) is 1. The third-order valence-electron chi connectivity index (χ3n) is 2.63. The summed E-state index contributed by atoms with van der Waals surface area (Å²) < 4.78 is 6.25. The van der Waals surface area contributed by atoms with E-state index in [1.807, 2.05) is 13.8 Å². The third-order valence-corrected chi connectivity index (χ3v) is 3.65. The second-order valence-electron chi connectivity index (χ2n) is 4.61. The van der Waals surface area contributed by atoms with Gasteiger partial charge in [-0.15, -0.1) is 12.4 Å². The van der Waals surface area contributed by atoms with Gasteiger partial charge in [-0.1, -0.05) is 53.0 Å². The molecule has 1 atom stereocenters. The van der Waals surface area contributed by atoms with Gasteiger partial charge >= 0.3 is 0 Å². The van der Waals surface area contributed by atoms with Gasteiger partial charge in [0.25, 0.3) is 0 Å². The molecule has 1 aromatic rings. The first-order valence-corrected chi connectivity index (χ1v) is 7.68. The number of amides is 1. The molecule has 0 aliphatic rings. The fourth-order valence-electron chi connectivity index (χ4n) is 1.41. The largest absolute Gasteiger partial charge is 0.489 e. The lowest BCUT2D eigenvalue weighted by Crippen LogP contribution is -2.45. The van der Waals surface area contributed by atoms with E-state index in [0.29, 0.717) is 22.3 Å². The van der Waals surface area contributed by atoms with Crippen molar-refractivity contribution in [2.75, 3.05) is 13.2 Å². The molecule has 0 saturated heterocycles. The highest BCUT2D eigenvalue weighted by Crippen LogP contribution is 2.35. The van der Waals surface area contributed by atoms with Crippen LogP contribution < -0.4 is 15.8 Å². The third kappa shape index (κ3) is 6.61. The average Bonchev–Trinajstić information content (AvgIpc) is 2.35. The molecule has 0 radical (unpaired) electrons. The van der Waals surface area contributed by atoms with Gasteiger partial charge in [-0.3, -0.25) is 4.79 Å². The lowest BCUT2D eigenvalue weighted by molar-refractivity contribution is -0.123. The summed E-state index contributed by atoms with van der Waals surface area (Å²) in [5, 5.41) is 3.52. The van der Waals surface area contributed by atoms with Crippen LogP contribution in [0.1, 0.15) is 13.8 Å². The number of halogens is 4. The smallest absolute Gasteiger partial charge is 0.237 e. The van der Waals surface area contributed by atoms with E-state index in [1.54, 1.807) is 12.1 Å². The number of hydrogen-bond donors (Lipinski definition) is 2. The zero-order chi connectivity index (χ0) is 15.3. The van der Waals surface area contributed by atoms with Gasteiger partial charge in [0.1, 0.15) is 6.61 Å². The fourth-order valence-corrected chi connectivity index (χ4v) is 2.73. The summed E-state index contributed by atoms with van der Waals surface area (Å²) in [6.07, 6.45) is 0. The molecule has 1 aromatic carbocycles. The predicted octanol–water partition coefficient (Wildman–Crippen LogP) is 3.66. The van der Waals surface area contributed by atoms with E-state index >= 15 is 0 Å². The summed E-state index contributed by atoms with van der Waals surface area (Å²) in [4.78, 5) is 11.6. The Kier molecular flexibility index (Phi) is 9.65. The first-order chi connectivity index (χ1) is 9.32. The molecule has 0 bridgehead atoms. The second kappa shape index (κ2) is 9.74. The molecule has 0 unspecified atom stereocenters. The van der Waals surface area contributed by atoms with Crippen LogP contribution in [-0.4, -0.2) is 25.1 Å². The number of hydrogen-bond acceptors (Lipinski definition) is 3. The molecule has 4 nitrogen and oxygen atoms in total. The fraction of sp³-hybridized carbons (Fsp3) is 0.462. The van der Waals surface area contributed by atoms with E-state index in [-0.39, 0.29) is 30.8 Å². The van der Waals surface area contributed by atoms with Crippen molar-refractivity contribution in [3.05, 3.63) is 26.7 Å². The molecule has 8 heteroatoms. The minimum Gasteiger partial charge on any atom is -0.489 e. The maximum Gasteiger partial charge on any atom is 0.237 e. The van der Waals surface area contributed by atoms with Crippen LogP contribution in [0.3, 0.4) is 0 Å². The van der Waals surface area contributed by atoms with Crippen LogP contribution in [0.4, 0.5) is 0 Å². The number of benzene rings is 1. The van der Waals surface area contributed by atoms with Crippen LogP contribution in [0.25, 0.3) is 0 Å². The van der Waals surface area contributed by atoms with Gasteiger partial charge in [0, 0.05) is 4.47 Å². The minimum absolute atomic E-state index is 0. The van der Waals surface area contributed by atoms with Gasteiger partial charge < -0.3 is 15.8 Å². The second-order valence-corrected chi connectivity index (χ2v) is 6.34. The molecular weight excluding hydrogens is 402 g/mol. The van der Waals surface area contributed by atoms with Crippen molar-refractivity contribution in [3.8, 4) is 5.75 Å². The maximum absolute atomic E-state index is 11.6. The Hall–Kier alpha value is -0.200. The van der Waals surface area contributed by atoms with E-state index in [9.17, 15) is 4.79 Å². The lowest BCUT2D eigenvalue weighted by atomic mass is 10.1. The van der Waals surface area contributed by atoms with Crippen molar-refractivity contribution in [3.63, 3.8) is 0 Å². The van der Waals surface area contributed by atoms with E-state index in [0.717, 1.165) is 4.47 Å². The van der Waals surface area contributed by atoms with Crippen LogP contribution in [0, 0.1) is 5.92 Å². The monoisotopic (exact) mass is 418 g/mol. The molecule has 3 N–H and O–H groups in total. The number of nitrogens with two attached hydrogens (primary N) is 1. The van der Waals surface area contributed by atoms with E-state index in [4.69, 9.17) is 33.7 Å². The summed E-state index contributed by atoms with van der Waals surface area (Å²) in [7, 11) is 0. The zero-order valence-electron chi connectivity index (χ0n) is 11.7. The van der Waals surface area contributed by atoms with E-state index < -0.39 is 6.04 Å². The molecule has 0 spiro atoms.